The predicted octanol–water partition coefficient (Wildman–Crippen LogP) is 3.27. The third kappa shape index (κ3) is 2.90. The monoisotopic (exact) mass is 356 g/mol. The summed E-state index contributed by atoms with van der Waals surface area (Å²) in [4.78, 5) is 0. The predicted molar refractivity (Wildman–Crippen MR) is 82.0 cm³/mol. The van der Waals surface area contributed by atoms with Gasteiger partial charge in [0.05, 0.1) is 19.3 Å². The van der Waals surface area contributed by atoms with E-state index in [2.05, 4.69) is 28.9 Å². The highest BCUT2D eigenvalue weighted by Gasteiger charge is 2.54. The van der Waals surface area contributed by atoms with Crippen molar-refractivity contribution in [3.05, 3.63) is 34.3 Å². The van der Waals surface area contributed by atoms with Gasteiger partial charge in [-0.05, 0) is 11.6 Å². The topological polar surface area (TPSA) is 36.9 Å². The summed E-state index contributed by atoms with van der Waals surface area (Å²) in [5.74, 6) is -0.577. The zero-order chi connectivity index (χ0) is 14.9. The van der Waals surface area contributed by atoms with E-state index in [1.165, 1.54) is 0 Å². The average molecular weight is 357 g/mol. The molecule has 3 rings (SSSR count). The maximum Gasteiger partial charge on any atom is 0.195 e. The Bertz CT molecular complexity index is 495. The van der Waals surface area contributed by atoms with E-state index in [0.717, 1.165) is 22.9 Å². The second-order valence-electron chi connectivity index (χ2n) is 5.53. The molecule has 0 saturated carbocycles. The zero-order valence-electron chi connectivity index (χ0n) is 12.4. The second-order valence-corrected chi connectivity index (χ2v) is 6.39. The van der Waals surface area contributed by atoms with Gasteiger partial charge in [0, 0.05) is 24.4 Å². The lowest BCUT2D eigenvalue weighted by molar-refractivity contribution is -0.275. The fraction of sp³-hybridized carbons (Fsp3) is 0.625. The number of hydrogen-bond donors (Lipinski definition) is 0. The van der Waals surface area contributed by atoms with Crippen LogP contribution in [-0.2, 0) is 25.6 Å². The van der Waals surface area contributed by atoms with Gasteiger partial charge in [-0.15, -0.1) is 0 Å². The Morgan fingerprint density at radius 2 is 2.19 bits per heavy atom. The molecular weight excluding hydrogens is 336 g/mol. The molecule has 4 nitrogen and oxygen atoms in total. The third-order valence-corrected chi connectivity index (χ3v) is 5.16. The van der Waals surface area contributed by atoms with E-state index in [1.807, 2.05) is 18.2 Å². The molecule has 0 aromatic heterocycles. The fourth-order valence-corrected chi connectivity index (χ4v) is 3.52. The number of hydrogen-bond acceptors (Lipinski definition) is 4. The minimum Gasteiger partial charge on any atom is -0.376 e. The Hall–Kier alpha value is -0.460. The van der Waals surface area contributed by atoms with Gasteiger partial charge < -0.3 is 18.9 Å². The summed E-state index contributed by atoms with van der Waals surface area (Å²) in [6.07, 6.45) is 1.52. The van der Waals surface area contributed by atoms with Gasteiger partial charge in [-0.1, -0.05) is 41.1 Å². The van der Waals surface area contributed by atoms with Crippen molar-refractivity contribution in [2.45, 2.75) is 50.5 Å². The number of fused-ring (bicyclic) bond motifs is 2. The summed E-state index contributed by atoms with van der Waals surface area (Å²) in [5, 5.41) is 0. The Morgan fingerprint density at radius 1 is 1.38 bits per heavy atom. The summed E-state index contributed by atoms with van der Waals surface area (Å²) in [7, 11) is 1.71. The van der Waals surface area contributed by atoms with E-state index in [0.29, 0.717) is 13.2 Å². The molecule has 2 aliphatic rings. The third-order valence-electron chi connectivity index (χ3n) is 4.38. The van der Waals surface area contributed by atoms with Crippen LogP contribution in [0.25, 0.3) is 0 Å². The average Bonchev–Trinajstić information content (AvgIpc) is 2.89. The second kappa shape index (κ2) is 6.34. The minimum atomic E-state index is -0.577. The van der Waals surface area contributed by atoms with Crippen LogP contribution >= 0.6 is 15.9 Å². The van der Waals surface area contributed by atoms with Gasteiger partial charge >= 0.3 is 0 Å². The molecule has 0 aliphatic carbocycles. The van der Waals surface area contributed by atoms with Crippen molar-refractivity contribution in [2.24, 2.45) is 0 Å². The summed E-state index contributed by atoms with van der Waals surface area (Å²) in [6, 6.07) is 8.09. The van der Waals surface area contributed by atoms with Gasteiger partial charge in [0.25, 0.3) is 0 Å². The van der Waals surface area contributed by atoms with Crippen molar-refractivity contribution in [3.63, 3.8) is 0 Å². The maximum atomic E-state index is 6.09. The van der Waals surface area contributed by atoms with Crippen molar-refractivity contribution in [1.29, 1.82) is 0 Å². The van der Waals surface area contributed by atoms with E-state index in [-0.39, 0.29) is 18.3 Å². The molecule has 0 amide bonds. The number of rotatable bonds is 5. The Labute approximate surface area is 133 Å². The lowest BCUT2D eigenvalue weighted by Gasteiger charge is -2.40. The van der Waals surface area contributed by atoms with Crippen LogP contribution in [0.2, 0.25) is 0 Å². The fourth-order valence-electron chi connectivity index (χ4n) is 3.12. The summed E-state index contributed by atoms with van der Waals surface area (Å²) < 4.78 is 24.7. The van der Waals surface area contributed by atoms with E-state index >= 15 is 0 Å². The summed E-state index contributed by atoms with van der Waals surface area (Å²) in [6.45, 7) is 3.20. The van der Waals surface area contributed by atoms with Gasteiger partial charge in [0.2, 0.25) is 0 Å². The van der Waals surface area contributed by atoms with Crippen molar-refractivity contribution in [2.75, 3.05) is 13.7 Å². The number of ether oxygens (including phenoxy) is 4. The van der Waals surface area contributed by atoms with Gasteiger partial charge in [-0.3, -0.25) is 0 Å². The van der Waals surface area contributed by atoms with Crippen LogP contribution in [0.1, 0.15) is 25.3 Å². The molecule has 21 heavy (non-hydrogen) atoms. The molecule has 2 fully saturated rings. The molecule has 5 heteroatoms. The molecule has 2 aliphatic heterocycles. The summed E-state index contributed by atoms with van der Waals surface area (Å²) >= 11 is 3.55. The van der Waals surface area contributed by atoms with Crippen LogP contribution in [-0.4, -0.2) is 37.8 Å². The first kappa shape index (κ1) is 15.4. The Kier molecular flexibility index (Phi) is 4.66. The van der Waals surface area contributed by atoms with Crippen molar-refractivity contribution in [1.82, 2.24) is 0 Å². The van der Waals surface area contributed by atoms with Crippen molar-refractivity contribution in [3.8, 4) is 0 Å². The SMILES string of the molecule is CC[C@@]12OC[C@@H](O1)[C@@H](OCc1ccccc1Br)C[C@H]2OC. The molecule has 0 radical (unpaired) electrons. The highest BCUT2D eigenvalue weighted by Crippen LogP contribution is 2.41. The van der Waals surface area contributed by atoms with Crippen LogP contribution in [0.3, 0.4) is 0 Å². The lowest BCUT2D eigenvalue weighted by atomic mass is 9.96. The Morgan fingerprint density at radius 3 is 2.90 bits per heavy atom. The van der Waals surface area contributed by atoms with Gasteiger partial charge in [0.1, 0.15) is 12.2 Å². The molecule has 0 spiro atoms. The number of methoxy groups -OCH3 is 1. The molecule has 1 aromatic carbocycles. The molecule has 0 unspecified atom stereocenters. The lowest BCUT2D eigenvalue weighted by Crippen LogP contribution is -2.52. The smallest absolute Gasteiger partial charge is 0.195 e. The van der Waals surface area contributed by atoms with Crippen LogP contribution in [0.15, 0.2) is 28.7 Å². The van der Waals surface area contributed by atoms with E-state index in [1.54, 1.807) is 7.11 Å². The highest BCUT2D eigenvalue weighted by molar-refractivity contribution is 9.10. The number of halogens is 1. The van der Waals surface area contributed by atoms with Gasteiger partial charge in [0.15, 0.2) is 5.79 Å². The first-order chi connectivity index (χ1) is 10.2. The zero-order valence-corrected chi connectivity index (χ0v) is 14.0. The van der Waals surface area contributed by atoms with Gasteiger partial charge in [-0.2, -0.15) is 0 Å². The van der Waals surface area contributed by atoms with Crippen molar-refractivity contribution >= 4 is 15.9 Å². The van der Waals surface area contributed by atoms with Crippen LogP contribution in [0.4, 0.5) is 0 Å². The molecule has 2 heterocycles. The van der Waals surface area contributed by atoms with Crippen LogP contribution in [0.5, 0.6) is 0 Å². The van der Waals surface area contributed by atoms with Crippen LogP contribution < -0.4 is 0 Å². The van der Waals surface area contributed by atoms with E-state index in [9.17, 15) is 0 Å². The summed E-state index contributed by atoms with van der Waals surface area (Å²) in [5.41, 5.74) is 1.14. The molecule has 1 aromatic rings. The molecule has 2 bridgehead atoms. The maximum absolute atomic E-state index is 6.09. The number of benzene rings is 1. The first-order valence-corrected chi connectivity index (χ1v) is 8.17. The first-order valence-electron chi connectivity index (χ1n) is 7.38. The molecule has 2 saturated heterocycles. The highest BCUT2D eigenvalue weighted by atomic mass is 79.9. The standard InChI is InChI=1S/C16H21BrO4/c1-3-16-15(18-2)8-13(14(21-16)10-20-16)19-9-11-6-4-5-7-12(11)17/h4-7,13-15H,3,8-10H2,1-2H3/t13-,14+,15+,16+/m0/s1. The van der Waals surface area contributed by atoms with E-state index < -0.39 is 5.79 Å². The normalized spacial score (nSPS) is 35.1. The van der Waals surface area contributed by atoms with Crippen LogP contribution in [0, 0.1) is 0 Å². The minimum absolute atomic E-state index is 0.00108. The largest absolute Gasteiger partial charge is 0.376 e. The Balaban J connectivity index is 1.66. The quantitative estimate of drug-likeness (QED) is 0.811. The molecule has 4 atom stereocenters. The van der Waals surface area contributed by atoms with Crippen molar-refractivity contribution < 1.29 is 18.9 Å². The molecular formula is C16H21BrO4. The molecule has 0 N–H and O–H groups in total. The molecule has 116 valence electrons. The van der Waals surface area contributed by atoms with E-state index in [4.69, 9.17) is 18.9 Å². The van der Waals surface area contributed by atoms with Gasteiger partial charge in [-0.25, -0.2) is 0 Å².